The molecule has 0 aromatic carbocycles. The van der Waals surface area contributed by atoms with E-state index in [1.807, 2.05) is 10.9 Å². The summed E-state index contributed by atoms with van der Waals surface area (Å²) in [6.45, 7) is 9.65. The van der Waals surface area contributed by atoms with Crippen molar-refractivity contribution in [2.24, 2.45) is 5.92 Å². The molecule has 3 rings (SSSR count). The first-order chi connectivity index (χ1) is 11.8. The molecule has 6 nitrogen and oxygen atoms in total. The zero-order valence-corrected chi connectivity index (χ0v) is 15.1. The summed E-state index contributed by atoms with van der Waals surface area (Å²) < 4.78 is 1.98. The predicted octanol–water partition coefficient (Wildman–Crippen LogP) is 1.40. The average molecular weight is 335 g/mol. The molecule has 2 saturated heterocycles. The first-order valence-corrected chi connectivity index (χ1v) is 9.74. The molecule has 1 aromatic heterocycles. The number of likely N-dealkylation sites (tertiary alicyclic amines) is 2. The Kier molecular flexibility index (Phi) is 6.63. The average Bonchev–Trinajstić information content (AvgIpc) is 3.03. The maximum absolute atomic E-state index is 8.99. The minimum atomic E-state index is 0.145. The van der Waals surface area contributed by atoms with E-state index in [2.05, 4.69) is 27.0 Å². The maximum atomic E-state index is 8.99. The predicted molar refractivity (Wildman–Crippen MR) is 94.9 cm³/mol. The third-order valence-corrected chi connectivity index (χ3v) is 5.56. The van der Waals surface area contributed by atoms with Gasteiger partial charge < -0.3 is 10.0 Å². The van der Waals surface area contributed by atoms with E-state index in [9.17, 15) is 0 Å². The third-order valence-electron chi connectivity index (χ3n) is 5.56. The van der Waals surface area contributed by atoms with Crippen LogP contribution in [-0.2, 0) is 13.0 Å². The van der Waals surface area contributed by atoms with Gasteiger partial charge in [0.15, 0.2) is 0 Å². The fraction of sp³-hybridized carbons (Fsp3) is 0.889. The van der Waals surface area contributed by atoms with Gasteiger partial charge in [-0.3, -0.25) is 9.58 Å². The minimum absolute atomic E-state index is 0.145. The molecule has 2 aliphatic rings. The molecule has 24 heavy (non-hydrogen) atoms. The van der Waals surface area contributed by atoms with Crippen molar-refractivity contribution in [1.82, 2.24) is 24.8 Å². The molecule has 136 valence electrons. The second-order valence-corrected chi connectivity index (χ2v) is 7.48. The van der Waals surface area contributed by atoms with Gasteiger partial charge in [0.1, 0.15) is 0 Å². The zero-order valence-electron chi connectivity index (χ0n) is 15.1. The largest absolute Gasteiger partial charge is 0.396 e. The van der Waals surface area contributed by atoms with E-state index in [0.717, 1.165) is 18.3 Å². The molecule has 0 amide bonds. The molecule has 1 atom stereocenters. The van der Waals surface area contributed by atoms with Gasteiger partial charge in [-0.2, -0.15) is 0 Å². The van der Waals surface area contributed by atoms with E-state index in [4.69, 9.17) is 5.11 Å². The Morgan fingerprint density at radius 2 is 2.04 bits per heavy atom. The van der Waals surface area contributed by atoms with E-state index in [0.29, 0.717) is 12.3 Å². The van der Waals surface area contributed by atoms with E-state index in [1.165, 1.54) is 64.8 Å². The lowest BCUT2D eigenvalue weighted by molar-refractivity contribution is 0.0664. The highest BCUT2D eigenvalue weighted by Crippen LogP contribution is 2.24. The molecule has 2 fully saturated rings. The number of nitrogens with zero attached hydrogens (tertiary/aromatic N) is 5. The number of hydrogen-bond acceptors (Lipinski definition) is 5. The van der Waals surface area contributed by atoms with Crippen molar-refractivity contribution in [3.63, 3.8) is 0 Å². The molecule has 1 aromatic rings. The highest BCUT2D eigenvalue weighted by atomic mass is 16.3. The van der Waals surface area contributed by atoms with Crippen LogP contribution in [0.5, 0.6) is 0 Å². The molecular formula is C18H33N5O. The summed E-state index contributed by atoms with van der Waals surface area (Å²) in [4.78, 5) is 5.36. The van der Waals surface area contributed by atoms with Gasteiger partial charge in [0.2, 0.25) is 0 Å². The van der Waals surface area contributed by atoms with Crippen molar-refractivity contribution in [2.45, 2.75) is 58.0 Å². The number of rotatable bonds is 7. The third kappa shape index (κ3) is 4.77. The standard InChI is InChI=1S/C18H33N5O/c1-2-8-21-10-5-18(6-11-21)22-9-3-4-16(13-22)14-23-15-17(7-12-24)19-20-23/h15-16,18,24H,2-14H2,1H3/t16-/m1/s1. The van der Waals surface area contributed by atoms with Crippen LogP contribution in [0.15, 0.2) is 6.20 Å². The van der Waals surface area contributed by atoms with Gasteiger partial charge in [-0.25, -0.2) is 0 Å². The topological polar surface area (TPSA) is 57.4 Å². The maximum Gasteiger partial charge on any atom is 0.0849 e. The van der Waals surface area contributed by atoms with E-state index in [1.54, 1.807) is 0 Å². The van der Waals surface area contributed by atoms with Gasteiger partial charge in [0.25, 0.3) is 0 Å². The Bertz CT molecular complexity index is 484. The molecular weight excluding hydrogens is 302 g/mol. The van der Waals surface area contributed by atoms with Gasteiger partial charge in [0.05, 0.1) is 5.69 Å². The summed E-state index contributed by atoms with van der Waals surface area (Å²) in [7, 11) is 0. The number of aromatic nitrogens is 3. The zero-order chi connectivity index (χ0) is 16.8. The number of aliphatic hydroxyl groups excluding tert-OH is 1. The fourth-order valence-electron chi connectivity index (χ4n) is 4.32. The molecule has 0 unspecified atom stereocenters. The molecule has 6 heteroatoms. The van der Waals surface area contributed by atoms with Gasteiger partial charge in [0, 0.05) is 38.4 Å². The van der Waals surface area contributed by atoms with Crippen LogP contribution in [0.4, 0.5) is 0 Å². The molecule has 0 saturated carbocycles. The van der Waals surface area contributed by atoms with Crippen LogP contribution < -0.4 is 0 Å². The fourth-order valence-corrected chi connectivity index (χ4v) is 4.32. The SMILES string of the molecule is CCCN1CCC(N2CCC[C@@H](Cn3cc(CCO)nn3)C2)CC1. The van der Waals surface area contributed by atoms with E-state index >= 15 is 0 Å². The summed E-state index contributed by atoms with van der Waals surface area (Å²) in [5.41, 5.74) is 0.897. The highest BCUT2D eigenvalue weighted by Gasteiger charge is 2.28. The van der Waals surface area contributed by atoms with Crippen molar-refractivity contribution in [1.29, 1.82) is 0 Å². The normalized spacial score (nSPS) is 24.5. The quantitative estimate of drug-likeness (QED) is 0.816. The minimum Gasteiger partial charge on any atom is -0.396 e. The van der Waals surface area contributed by atoms with Crippen LogP contribution >= 0.6 is 0 Å². The van der Waals surface area contributed by atoms with Crippen molar-refractivity contribution >= 4 is 0 Å². The van der Waals surface area contributed by atoms with E-state index < -0.39 is 0 Å². The summed E-state index contributed by atoms with van der Waals surface area (Å²) in [6, 6.07) is 0.779. The Labute approximate surface area is 145 Å². The van der Waals surface area contributed by atoms with Gasteiger partial charge in [-0.05, 0) is 64.2 Å². The number of hydrogen-bond donors (Lipinski definition) is 1. The Hall–Kier alpha value is -0.980. The van der Waals surface area contributed by atoms with Crippen LogP contribution in [-0.4, -0.2) is 75.3 Å². The molecule has 1 N–H and O–H groups in total. The Balaban J connectivity index is 1.47. The highest BCUT2D eigenvalue weighted by molar-refractivity contribution is 4.92. The molecule has 2 aliphatic heterocycles. The van der Waals surface area contributed by atoms with Crippen molar-refractivity contribution < 1.29 is 5.11 Å². The van der Waals surface area contributed by atoms with E-state index in [-0.39, 0.29) is 6.61 Å². The van der Waals surface area contributed by atoms with Crippen molar-refractivity contribution in [2.75, 3.05) is 39.3 Å². The smallest absolute Gasteiger partial charge is 0.0849 e. The van der Waals surface area contributed by atoms with Crippen LogP contribution in [0.2, 0.25) is 0 Å². The Morgan fingerprint density at radius 3 is 2.79 bits per heavy atom. The van der Waals surface area contributed by atoms with Crippen LogP contribution in [0.1, 0.15) is 44.7 Å². The molecule has 0 aliphatic carbocycles. The second kappa shape index (κ2) is 8.92. The van der Waals surface area contributed by atoms with Gasteiger partial charge >= 0.3 is 0 Å². The summed E-state index contributed by atoms with van der Waals surface area (Å²) in [6.07, 6.45) is 9.13. The number of piperidine rings is 2. The molecule has 0 spiro atoms. The number of aliphatic hydroxyl groups is 1. The Morgan fingerprint density at radius 1 is 1.21 bits per heavy atom. The summed E-state index contributed by atoms with van der Waals surface area (Å²) >= 11 is 0. The molecule has 0 radical (unpaired) electrons. The summed E-state index contributed by atoms with van der Waals surface area (Å²) in [5.74, 6) is 0.677. The lowest BCUT2D eigenvalue weighted by Gasteiger charge is -2.42. The van der Waals surface area contributed by atoms with Crippen LogP contribution in [0.25, 0.3) is 0 Å². The molecule has 0 bridgehead atoms. The lowest BCUT2D eigenvalue weighted by atomic mass is 9.94. The molecule has 3 heterocycles. The first-order valence-electron chi connectivity index (χ1n) is 9.74. The van der Waals surface area contributed by atoms with Crippen molar-refractivity contribution in [3.05, 3.63) is 11.9 Å². The van der Waals surface area contributed by atoms with Crippen LogP contribution in [0.3, 0.4) is 0 Å². The van der Waals surface area contributed by atoms with Gasteiger partial charge in [-0.15, -0.1) is 5.10 Å². The second-order valence-electron chi connectivity index (χ2n) is 7.48. The van der Waals surface area contributed by atoms with Gasteiger partial charge in [-0.1, -0.05) is 12.1 Å². The van der Waals surface area contributed by atoms with Crippen molar-refractivity contribution in [3.8, 4) is 0 Å². The first kappa shape index (κ1) is 17.8. The summed E-state index contributed by atoms with van der Waals surface area (Å²) in [5, 5.41) is 17.4. The lowest BCUT2D eigenvalue weighted by Crippen LogP contribution is -2.49. The van der Waals surface area contributed by atoms with Crippen LogP contribution in [0, 0.1) is 5.92 Å². The monoisotopic (exact) mass is 335 g/mol.